The molecule has 0 aliphatic heterocycles. The highest BCUT2D eigenvalue weighted by molar-refractivity contribution is 7.23. The molecule has 0 saturated carbocycles. The Balaban J connectivity index is 1.27. The van der Waals surface area contributed by atoms with Gasteiger partial charge in [0.2, 0.25) is 0 Å². The first-order valence-corrected chi connectivity index (χ1v) is 15.2. The van der Waals surface area contributed by atoms with Crippen LogP contribution in [0.5, 0.6) is 0 Å². The van der Waals surface area contributed by atoms with Crippen molar-refractivity contribution < 1.29 is 0 Å². The predicted molar refractivity (Wildman–Crippen MR) is 179 cm³/mol. The Morgan fingerprint density at radius 3 is 1.75 bits per heavy atom. The topological polar surface area (TPSA) is 68.9 Å². The van der Waals surface area contributed by atoms with Gasteiger partial charge in [-0.05, 0) is 18.2 Å². The largest absolute Gasteiger partial charge is 0.267 e. The molecule has 9 rings (SSSR count). The van der Waals surface area contributed by atoms with Crippen molar-refractivity contribution in [3.63, 3.8) is 0 Å². The van der Waals surface area contributed by atoms with E-state index in [0.29, 0.717) is 17.5 Å². The molecule has 0 atom stereocenters. The lowest BCUT2D eigenvalue weighted by molar-refractivity contribution is 1.07. The molecule has 0 spiro atoms. The van der Waals surface area contributed by atoms with Crippen molar-refractivity contribution in [2.45, 2.75) is 0 Å². The molecule has 206 valence electrons. The number of hydrogen-bond donors (Lipinski definition) is 0. The number of rotatable bonds is 4. The lowest BCUT2D eigenvalue weighted by atomic mass is 10.0. The molecule has 9 aromatic rings. The maximum atomic E-state index is 5.30. The molecule has 44 heavy (non-hydrogen) atoms. The minimum atomic E-state index is 0.612. The van der Waals surface area contributed by atoms with Gasteiger partial charge in [-0.15, -0.1) is 0 Å². The average molecular weight is 583 g/mol. The molecule has 0 amide bonds. The number of para-hydroxylation sites is 1. The molecule has 0 aliphatic rings. The minimum absolute atomic E-state index is 0.612. The number of thiazole rings is 1. The van der Waals surface area contributed by atoms with Gasteiger partial charge in [-0.25, -0.2) is 24.9 Å². The first-order valence-electron chi connectivity index (χ1n) is 14.4. The molecule has 0 aliphatic carbocycles. The summed E-state index contributed by atoms with van der Waals surface area (Å²) in [5.41, 5.74) is 7.54. The first kappa shape index (κ1) is 24.8. The molecule has 6 nitrogen and oxygen atoms in total. The number of aromatic nitrogens is 6. The fourth-order valence-corrected chi connectivity index (χ4v) is 6.83. The first-order chi connectivity index (χ1) is 21.8. The molecule has 4 aromatic heterocycles. The smallest absolute Gasteiger partial charge is 0.197 e. The van der Waals surface area contributed by atoms with Crippen molar-refractivity contribution in [2.75, 3.05) is 0 Å². The van der Waals surface area contributed by atoms with Crippen LogP contribution in [0.1, 0.15) is 0 Å². The third kappa shape index (κ3) is 3.98. The van der Waals surface area contributed by atoms with Gasteiger partial charge in [0.15, 0.2) is 28.1 Å². The van der Waals surface area contributed by atoms with Gasteiger partial charge >= 0.3 is 0 Å². The summed E-state index contributed by atoms with van der Waals surface area (Å²) in [6.45, 7) is 0. The van der Waals surface area contributed by atoms with Crippen LogP contribution in [-0.2, 0) is 0 Å². The van der Waals surface area contributed by atoms with Crippen molar-refractivity contribution in [3.05, 3.63) is 133 Å². The lowest BCUT2D eigenvalue weighted by Crippen LogP contribution is -2.00. The SMILES string of the molecule is c1ccc(-c2nc(-c3ccccc3)nc(-c3cccc(-c4nc5c(nc6sc7ccccc7n65)c5ccccc45)c3)n2)cc1. The summed E-state index contributed by atoms with van der Waals surface area (Å²) < 4.78 is 3.37. The van der Waals surface area contributed by atoms with E-state index in [0.717, 1.165) is 60.4 Å². The van der Waals surface area contributed by atoms with Crippen molar-refractivity contribution in [1.29, 1.82) is 0 Å². The van der Waals surface area contributed by atoms with E-state index in [1.54, 1.807) is 11.3 Å². The zero-order valence-electron chi connectivity index (χ0n) is 23.3. The Labute approximate surface area is 256 Å². The number of hydrogen-bond acceptors (Lipinski definition) is 6. The van der Waals surface area contributed by atoms with Crippen LogP contribution in [0.15, 0.2) is 133 Å². The molecule has 0 fully saturated rings. The van der Waals surface area contributed by atoms with Crippen LogP contribution >= 0.6 is 11.3 Å². The fraction of sp³-hybridized carbons (Fsp3) is 0. The van der Waals surface area contributed by atoms with Gasteiger partial charge in [0.05, 0.1) is 15.9 Å². The standard InChI is InChI=1S/C37H22N6S/c1-3-12-23(13-4-1)33-40-34(24-14-5-2-6-15-24)42-35(41-33)26-17-11-16-25(22-26)31-27-18-7-8-19-28(27)32-36(38-31)43-29-20-9-10-21-30(29)44-37(43)39-32/h1-22H. The van der Waals surface area contributed by atoms with E-state index in [-0.39, 0.29) is 0 Å². The zero-order chi connectivity index (χ0) is 29.0. The molecule has 7 heteroatoms. The molecule has 0 N–H and O–H groups in total. The Bertz CT molecular complexity index is 2440. The summed E-state index contributed by atoms with van der Waals surface area (Å²) in [4.78, 5) is 26.1. The van der Waals surface area contributed by atoms with Crippen LogP contribution in [-0.4, -0.2) is 29.3 Å². The predicted octanol–water partition coefficient (Wildman–Crippen LogP) is 9.10. The molecule has 0 radical (unpaired) electrons. The van der Waals surface area contributed by atoms with Crippen LogP contribution in [0.4, 0.5) is 0 Å². The van der Waals surface area contributed by atoms with Crippen molar-refractivity contribution in [1.82, 2.24) is 29.3 Å². The second-order valence-electron chi connectivity index (χ2n) is 10.6. The molecule has 0 bridgehead atoms. The third-order valence-electron chi connectivity index (χ3n) is 7.88. The van der Waals surface area contributed by atoms with Crippen LogP contribution in [0.3, 0.4) is 0 Å². The second-order valence-corrected chi connectivity index (χ2v) is 11.6. The van der Waals surface area contributed by atoms with Crippen molar-refractivity contribution >= 4 is 48.5 Å². The van der Waals surface area contributed by atoms with Crippen molar-refractivity contribution in [3.8, 4) is 45.4 Å². The fourth-order valence-electron chi connectivity index (χ4n) is 5.81. The Kier molecular flexibility index (Phi) is 5.57. The quantitative estimate of drug-likeness (QED) is 0.207. The van der Waals surface area contributed by atoms with E-state index in [2.05, 4.69) is 65.1 Å². The highest BCUT2D eigenvalue weighted by atomic mass is 32.1. The Hall–Kier alpha value is -5.79. The van der Waals surface area contributed by atoms with Gasteiger partial charge in [-0.2, -0.15) is 0 Å². The monoisotopic (exact) mass is 582 g/mol. The summed E-state index contributed by atoms with van der Waals surface area (Å²) in [6.07, 6.45) is 0. The molecule has 5 aromatic carbocycles. The van der Waals surface area contributed by atoms with Crippen LogP contribution in [0, 0.1) is 0 Å². The molecule has 4 heterocycles. The Morgan fingerprint density at radius 1 is 0.455 bits per heavy atom. The van der Waals surface area contributed by atoms with E-state index < -0.39 is 0 Å². The lowest BCUT2D eigenvalue weighted by Gasteiger charge is -2.11. The summed E-state index contributed by atoms with van der Waals surface area (Å²) in [7, 11) is 0. The molecular formula is C37H22N6S. The van der Waals surface area contributed by atoms with Gasteiger partial charge in [0.1, 0.15) is 5.52 Å². The molecular weight excluding hydrogens is 561 g/mol. The number of imidazole rings is 1. The van der Waals surface area contributed by atoms with Crippen LogP contribution in [0.25, 0.3) is 82.5 Å². The second kappa shape index (κ2) is 9.90. The van der Waals surface area contributed by atoms with Gasteiger partial charge in [-0.3, -0.25) is 4.40 Å². The van der Waals surface area contributed by atoms with E-state index in [1.807, 2.05) is 72.8 Å². The number of pyridine rings is 1. The highest BCUT2D eigenvalue weighted by Crippen LogP contribution is 2.37. The normalized spacial score (nSPS) is 11.6. The maximum absolute atomic E-state index is 5.30. The molecule has 0 unspecified atom stereocenters. The van der Waals surface area contributed by atoms with E-state index in [4.69, 9.17) is 24.9 Å². The van der Waals surface area contributed by atoms with Gasteiger partial charge < -0.3 is 0 Å². The molecule has 0 saturated heterocycles. The van der Waals surface area contributed by atoms with Gasteiger partial charge in [0, 0.05) is 33.0 Å². The van der Waals surface area contributed by atoms with Crippen LogP contribution in [0.2, 0.25) is 0 Å². The number of fused-ring (bicyclic) bond motifs is 7. The Morgan fingerprint density at radius 2 is 1.02 bits per heavy atom. The number of benzene rings is 5. The van der Waals surface area contributed by atoms with Crippen molar-refractivity contribution in [2.24, 2.45) is 0 Å². The minimum Gasteiger partial charge on any atom is -0.267 e. The van der Waals surface area contributed by atoms with Gasteiger partial charge in [0.25, 0.3) is 0 Å². The average Bonchev–Trinajstić information content (AvgIpc) is 3.65. The highest BCUT2D eigenvalue weighted by Gasteiger charge is 2.19. The summed E-state index contributed by atoms with van der Waals surface area (Å²) in [5, 5.41) is 2.13. The third-order valence-corrected chi connectivity index (χ3v) is 8.90. The van der Waals surface area contributed by atoms with Gasteiger partial charge in [-0.1, -0.05) is 127 Å². The number of nitrogens with zero attached hydrogens (tertiary/aromatic N) is 6. The summed E-state index contributed by atoms with van der Waals surface area (Å²) in [6, 6.07) is 45.2. The summed E-state index contributed by atoms with van der Waals surface area (Å²) in [5.74, 6) is 1.88. The van der Waals surface area contributed by atoms with Crippen LogP contribution < -0.4 is 0 Å². The summed E-state index contributed by atoms with van der Waals surface area (Å²) >= 11 is 1.69. The van der Waals surface area contributed by atoms with E-state index >= 15 is 0 Å². The van der Waals surface area contributed by atoms with E-state index in [1.165, 1.54) is 4.70 Å². The van der Waals surface area contributed by atoms with E-state index in [9.17, 15) is 0 Å². The zero-order valence-corrected chi connectivity index (χ0v) is 24.1. The maximum Gasteiger partial charge on any atom is 0.197 e.